The molecule has 2 aromatic rings. The van der Waals surface area contributed by atoms with Crippen LogP contribution in [0.25, 0.3) is 0 Å². The Morgan fingerprint density at radius 3 is 2.41 bits per heavy atom. The minimum Gasteiger partial charge on any atom is -0.383 e. The summed E-state index contributed by atoms with van der Waals surface area (Å²) in [4.78, 5) is 10.7. The summed E-state index contributed by atoms with van der Waals surface area (Å²) in [6.45, 7) is 3.87. The van der Waals surface area contributed by atoms with E-state index in [9.17, 15) is 18.5 Å². The van der Waals surface area contributed by atoms with Crippen molar-refractivity contribution in [1.82, 2.24) is 4.72 Å². The van der Waals surface area contributed by atoms with Crippen LogP contribution in [0.15, 0.2) is 47.4 Å². The summed E-state index contributed by atoms with van der Waals surface area (Å²) in [6.07, 6.45) is 0.890. The van der Waals surface area contributed by atoms with Crippen molar-refractivity contribution in [3.8, 4) is 0 Å². The largest absolute Gasteiger partial charge is 0.383 e. The normalized spacial score (nSPS) is 12.6. The lowest BCUT2D eigenvalue weighted by Crippen LogP contribution is -2.35. The van der Waals surface area contributed by atoms with Crippen LogP contribution in [0.3, 0.4) is 0 Å². The molecule has 0 spiro atoms. The van der Waals surface area contributed by atoms with E-state index in [1.165, 1.54) is 19.2 Å². The van der Waals surface area contributed by atoms with Crippen molar-refractivity contribution in [3.05, 3.63) is 58.1 Å². The van der Waals surface area contributed by atoms with E-state index in [4.69, 9.17) is 4.74 Å². The smallest absolute Gasteiger partial charge is 0.294 e. The zero-order chi connectivity index (χ0) is 20.0. The molecule has 8 nitrogen and oxygen atoms in total. The number of sulfonamides is 1. The molecule has 0 aliphatic carbocycles. The van der Waals surface area contributed by atoms with E-state index in [0.29, 0.717) is 5.69 Å². The molecule has 9 heteroatoms. The van der Waals surface area contributed by atoms with E-state index in [1.54, 1.807) is 6.92 Å². The summed E-state index contributed by atoms with van der Waals surface area (Å²) in [5.74, 6) is 0. The number of rotatable bonds is 9. The highest BCUT2D eigenvalue weighted by atomic mass is 32.2. The Morgan fingerprint density at radius 1 is 1.19 bits per heavy atom. The molecule has 2 N–H and O–H groups in total. The Balaban J connectivity index is 2.31. The van der Waals surface area contributed by atoms with Crippen molar-refractivity contribution in [2.75, 3.05) is 19.0 Å². The SMILES string of the molecule is CCc1ccc(Nc2ccc(S(=O)(=O)NC(C)COC)cc2[N+](=O)[O-])cc1. The van der Waals surface area contributed by atoms with E-state index in [2.05, 4.69) is 10.0 Å². The lowest BCUT2D eigenvalue weighted by Gasteiger charge is -2.14. The van der Waals surface area contributed by atoms with Crippen LogP contribution < -0.4 is 10.0 Å². The van der Waals surface area contributed by atoms with Crippen molar-refractivity contribution in [2.24, 2.45) is 0 Å². The second-order valence-electron chi connectivity index (χ2n) is 6.09. The van der Waals surface area contributed by atoms with Crippen molar-refractivity contribution >= 4 is 27.1 Å². The molecular formula is C18H23N3O5S. The van der Waals surface area contributed by atoms with Crippen LogP contribution in [-0.2, 0) is 21.2 Å². The average molecular weight is 393 g/mol. The number of aryl methyl sites for hydroxylation is 1. The lowest BCUT2D eigenvalue weighted by molar-refractivity contribution is -0.384. The fourth-order valence-electron chi connectivity index (χ4n) is 2.53. The van der Waals surface area contributed by atoms with Gasteiger partial charge in [-0.3, -0.25) is 10.1 Å². The molecule has 0 aliphatic heterocycles. The molecule has 2 rings (SSSR count). The van der Waals surface area contributed by atoms with Gasteiger partial charge in [-0.05, 0) is 43.2 Å². The van der Waals surface area contributed by atoms with Crippen LogP contribution in [0.1, 0.15) is 19.4 Å². The minimum absolute atomic E-state index is 0.177. The van der Waals surface area contributed by atoms with Crippen molar-refractivity contribution < 1.29 is 18.1 Å². The van der Waals surface area contributed by atoms with Crippen LogP contribution in [0.2, 0.25) is 0 Å². The molecular weight excluding hydrogens is 370 g/mol. The molecule has 1 atom stereocenters. The van der Waals surface area contributed by atoms with Crippen molar-refractivity contribution in [2.45, 2.75) is 31.2 Å². The third-order valence-corrected chi connectivity index (χ3v) is 5.48. The first kappa shape index (κ1) is 20.8. The van der Waals surface area contributed by atoms with Gasteiger partial charge >= 0.3 is 0 Å². The Labute approximate surface area is 158 Å². The third kappa shape index (κ3) is 5.49. The molecule has 0 aromatic heterocycles. The van der Waals surface area contributed by atoms with Crippen molar-refractivity contribution in [1.29, 1.82) is 0 Å². The van der Waals surface area contributed by atoms with Crippen molar-refractivity contribution in [3.63, 3.8) is 0 Å². The highest BCUT2D eigenvalue weighted by molar-refractivity contribution is 7.89. The maximum atomic E-state index is 12.4. The number of ether oxygens (including phenoxy) is 1. The summed E-state index contributed by atoms with van der Waals surface area (Å²) < 4.78 is 32.2. The van der Waals surface area contributed by atoms with Gasteiger partial charge < -0.3 is 10.1 Å². The molecule has 0 radical (unpaired) electrons. The molecule has 146 valence electrons. The van der Waals surface area contributed by atoms with Gasteiger partial charge in [0.05, 0.1) is 16.4 Å². The number of hydrogen-bond donors (Lipinski definition) is 2. The van der Waals surface area contributed by atoms with Gasteiger partial charge in [-0.15, -0.1) is 0 Å². The molecule has 1 unspecified atom stereocenters. The van der Waals surface area contributed by atoms with E-state index in [0.717, 1.165) is 18.1 Å². The zero-order valence-corrected chi connectivity index (χ0v) is 16.2. The third-order valence-electron chi connectivity index (χ3n) is 3.89. The first-order valence-electron chi connectivity index (χ1n) is 8.42. The molecule has 27 heavy (non-hydrogen) atoms. The molecule has 2 aromatic carbocycles. The van der Waals surface area contributed by atoms with Gasteiger partial charge in [-0.1, -0.05) is 19.1 Å². The number of anilines is 2. The Kier molecular flexibility index (Phi) is 6.89. The van der Waals surface area contributed by atoms with E-state index in [-0.39, 0.29) is 22.9 Å². The summed E-state index contributed by atoms with van der Waals surface area (Å²) >= 11 is 0. The topological polar surface area (TPSA) is 111 Å². The number of nitro groups is 1. The van der Waals surface area contributed by atoms with Gasteiger partial charge in [0.1, 0.15) is 5.69 Å². The quantitative estimate of drug-likeness (QED) is 0.500. The minimum atomic E-state index is -3.90. The maximum Gasteiger partial charge on any atom is 0.294 e. The zero-order valence-electron chi connectivity index (χ0n) is 15.4. The average Bonchev–Trinajstić information content (AvgIpc) is 2.62. The number of nitro benzene ring substituents is 1. The van der Waals surface area contributed by atoms with Crippen LogP contribution in [0.5, 0.6) is 0 Å². The number of methoxy groups -OCH3 is 1. The number of nitrogens with one attached hydrogen (secondary N) is 2. The number of benzene rings is 2. The predicted octanol–water partition coefficient (Wildman–Crippen LogP) is 3.21. The fourth-order valence-corrected chi connectivity index (χ4v) is 3.78. The van der Waals surface area contributed by atoms with Gasteiger partial charge in [0.2, 0.25) is 10.0 Å². The van der Waals surface area contributed by atoms with Crippen LogP contribution in [0.4, 0.5) is 17.1 Å². The highest BCUT2D eigenvalue weighted by Crippen LogP contribution is 2.30. The van der Waals surface area contributed by atoms with Gasteiger partial charge in [-0.25, -0.2) is 13.1 Å². The second kappa shape index (κ2) is 8.94. The van der Waals surface area contributed by atoms with Gasteiger partial charge in [0, 0.05) is 24.9 Å². The van der Waals surface area contributed by atoms with Gasteiger partial charge in [-0.2, -0.15) is 0 Å². The summed E-state index contributed by atoms with van der Waals surface area (Å²) in [5.41, 5.74) is 1.72. The second-order valence-corrected chi connectivity index (χ2v) is 7.80. The summed E-state index contributed by atoms with van der Waals surface area (Å²) in [7, 11) is -2.44. The number of hydrogen-bond acceptors (Lipinski definition) is 6. The van der Waals surface area contributed by atoms with Crippen LogP contribution in [0, 0.1) is 10.1 Å². The standard InChI is InChI=1S/C18H23N3O5S/c1-4-14-5-7-15(8-6-14)19-17-10-9-16(11-18(17)21(22)23)27(24,25)20-13(2)12-26-3/h5-11,13,19-20H,4,12H2,1-3H3. The molecule has 0 amide bonds. The molecule has 0 saturated heterocycles. The Hall–Kier alpha value is -2.49. The Bertz CT molecular complexity index is 898. The molecule has 0 heterocycles. The first-order chi connectivity index (χ1) is 12.8. The highest BCUT2D eigenvalue weighted by Gasteiger charge is 2.23. The lowest BCUT2D eigenvalue weighted by atomic mass is 10.1. The van der Waals surface area contributed by atoms with E-state index < -0.39 is 21.0 Å². The van der Waals surface area contributed by atoms with Crippen LogP contribution >= 0.6 is 0 Å². The monoisotopic (exact) mass is 393 g/mol. The fraction of sp³-hybridized carbons (Fsp3) is 0.333. The summed E-state index contributed by atoms with van der Waals surface area (Å²) in [5, 5.41) is 14.4. The van der Waals surface area contributed by atoms with Gasteiger partial charge in [0.15, 0.2) is 0 Å². The van der Waals surface area contributed by atoms with Crippen LogP contribution in [-0.4, -0.2) is 33.1 Å². The number of nitrogens with zero attached hydrogens (tertiary/aromatic N) is 1. The Morgan fingerprint density at radius 2 is 1.85 bits per heavy atom. The first-order valence-corrected chi connectivity index (χ1v) is 9.90. The molecule has 0 bridgehead atoms. The van der Waals surface area contributed by atoms with Gasteiger partial charge in [0.25, 0.3) is 5.69 Å². The molecule has 0 fully saturated rings. The predicted molar refractivity (Wildman–Crippen MR) is 104 cm³/mol. The van der Waals surface area contributed by atoms with E-state index >= 15 is 0 Å². The van der Waals surface area contributed by atoms with E-state index in [1.807, 2.05) is 31.2 Å². The molecule has 0 saturated carbocycles. The molecule has 0 aliphatic rings. The maximum absolute atomic E-state index is 12.4. The summed E-state index contributed by atoms with van der Waals surface area (Å²) in [6, 6.07) is 10.8.